The van der Waals surface area contributed by atoms with E-state index in [0.717, 1.165) is 0 Å². The third kappa shape index (κ3) is 5.53. The first kappa shape index (κ1) is 17.8. The van der Waals surface area contributed by atoms with Crippen LogP contribution in [0.15, 0.2) is 18.2 Å². The third-order valence-corrected chi connectivity index (χ3v) is 3.17. The Bertz CT molecular complexity index is 446. The fraction of sp³-hybridized carbons (Fsp3) is 0.600. The Kier molecular flexibility index (Phi) is 6.45. The zero-order chi connectivity index (χ0) is 16.0. The molecule has 0 radical (unpaired) electrons. The first-order valence-corrected chi connectivity index (χ1v) is 7.13. The van der Waals surface area contributed by atoms with E-state index in [9.17, 15) is 17.6 Å². The number of rotatable bonds is 7. The van der Waals surface area contributed by atoms with Crippen LogP contribution >= 0.6 is 0 Å². The zero-order valence-corrected chi connectivity index (χ0v) is 12.6. The maximum atomic E-state index is 13.5. The molecule has 0 bridgehead atoms. The molecule has 2 nitrogen and oxygen atoms in total. The highest BCUT2D eigenvalue weighted by atomic mass is 19.4. The summed E-state index contributed by atoms with van der Waals surface area (Å²) >= 11 is 0. The van der Waals surface area contributed by atoms with Gasteiger partial charge in [-0.15, -0.1) is 0 Å². The number of halogens is 4. The largest absolute Gasteiger partial charge is 0.405 e. The summed E-state index contributed by atoms with van der Waals surface area (Å²) < 4.78 is 51.7. The van der Waals surface area contributed by atoms with Crippen molar-refractivity contribution in [3.8, 4) is 0 Å². The molecule has 0 fully saturated rings. The smallest absolute Gasteiger partial charge is 0.362 e. The molecule has 0 heterocycles. The van der Waals surface area contributed by atoms with Gasteiger partial charge in [-0.2, -0.15) is 13.2 Å². The molecule has 0 spiro atoms. The fourth-order valence-corrected chi connectivity index (χ4v) is 2.35. The van der Waals surface area contributed by atoms with Crippen LogP contribution in [0.5, 0.6) is 0 Å². The monoisotopic (exact) mass is 306 g/mol. The van der Waals surface area contributed by atoms with Crippen LogP contribution in [0.25, 0.3) is 0 Å². The molecule has 0 aromatic heterocycles. The van der Waals surface area contributed by atoms with Crippen molar-refractivity contribution in [1.29, 1.82) is 0 Å². The molecule has 1 atom stereocenters. The highest BCUT2D eigenvalue weighted by molar-refractivity contribution is 5.55. The van der Waals surface area contributed by atoms with E-state index in [1.165, 1.54) is 23.1 Å². The van der Waals surface area contributed by atoms with Gasteiger partial charge in [0, 0.05) is 18.3 Å². The molecule has 21 heavy (non-hydrogen) atoms. The molecule has 0 saturated carbocycles. The number of anilines is 1. The number of nitrogens with zero attached hydrogens (tertiary/aromatic N) is 1. The molecule has 0 saturated heterocycles. The summed E-state index contributed by atoms with van der Waals surface area (Å²) in [5.41, 5.74) is 0.985. The number of hydrogen-bond acceptors (Lipinski definition) is 2. The molecule has 1 rings (SSSR count). The van der Waals surface area contributed by atoms with E-state index in [4.69, 9.17) is 0 Å². The predicted molar refractivity (Wildman–Crippen MR) is 77.1 cm³/mol. The Labute approximate surface area is 123 Å². The minimum absolute atomic E-state index is 0.215. The van der Waals surface area contributed by atoms with Gasteiger partial charge in [0.1, 0.15) is 12.4 Å². The lowest BCUT2D eigenvalue weighted by atomic mass is 10.0. The van der Waals surface area contributed by atoms with Crippen LogP contribution < -0.4 is 10.2 Å². The van der Waals surface area contributed by atoms with Gasteiger partial charge in [-0.3, -0.25) is 0 Å². The molecular formula is C15H22F4N2. The average Bonchev–Trinajstić information content (AvgIpc) is 2.37. The van der Waals surface area contributed by atoms with Gasteiger partial charge in [0.25, 0.3) is 0 Å². The maximum absolute atomic E-state index is 13.5. The van der Waals surface area contributed by atoms with Crippen molar-refractivity contribution in [1.82, 2.24) is 5.32 Å². The average molecular weight is 306 g/mol. The lowest BCUT2D eigenvalue weighted by molar-refractivity contribution is -0.119. The van der Waals surface area contributed by atoms with Crippen molar-refractivity contribution < 1.29 is 17.6 Å². The van der Waals surface area contributed by atoms with Crippen molar-refractivity contribution in [3.05, 3.63) is 29.6 Å². The number of benzene rings is 1. The van der Waals surface area contributed by atoms with Crippen molar-refractivity contribution >= 4 is 5.69 Å². The zero-order valence-electron chi connectivity index (χ0n) is 12.6. The van der Waals surface area contributed by atoms with Crippen molar-refractivity contribution in [2.24, 2.45) is 0 Å². The van der Waals surface area contributed by atoms with E-state index in [2.05, 4.69) is 5.32 Å². The van der Waals surface area contributed by atoms with Crippen LogP contribution in [0.2, 0.25) is 0 Å². The topological polar surface area (TPSA) is 15.3 Å². The summed E-state index contributed by atoms with van der Waals surface area (Å²) in [6, 6.07) is 3.73. The first-order chi connectivity index (χ1) is 9.78. The van der Waals surface area contributed by atoms with Gasteiger partial charge in [0.15, 0.2) is 0 Å². The lowest BCUT2D eigenvalue weighted by Crippen LogP contribution is -2.36. The molecule has 1 aromatic carbocycles. The predicted octanol–water partition coefficient (Wildman–Crippen LogP) is 4.27. The van der Waals surface area contributed by atoms with E-state index in [1.54, 1.807) is 0 Å². The Balaban J connectivity index is 3.17. The second-order valence-electron chi connectivity index (χ2n) is 5.02. The van der Waals surface area contributed by atoms with E-state index in [0.29, 0.717) is 24.2 Å². The van der Waals surface area contributed by atoms with Gasteiger partial charge in [-0.25, -0.2) is 4.39 Å². The molecule has 0 amide bonds. The van der Waals surface area contributed by atoms with E-state index < -0.39 is 18.5 Å². The maximum Gasteiger partial charge on any atom is 0.405 e. The summed E-state index contributed by atoms with van der Waals surface area (Å²) in [4.78, 5) is 1.27. The summed E-state index contributed by atoms with van der Waals surface area (Å²) in [5, 5.41) is 3.11. The van der Waals surface area contributed by atoms with Crippen LogP contribution in [-0.4, -0.2) is 25.8 Å². The van der Waals surface area contributed by atoms with Gasteiger partial charge in [-0.1, -0.05) is 13.8 Å². The summed E-state index contributed by atoms with van der Waals surface area (Å²) in [5.74, 6) is -0.443. The molecule has 6 heteroatoms. The third-order valence-electron chi connectivity index (χ3n) is 3.17. The summed E-state index contributed by atoms with van der Waals surface area (Å²) in [7, 11) is 0. The minimum atomic E-state index is -4.29. The lowest BCUT2D eigenvalue weighted by Gasteiger charge is -2.29. The number of nitrogens with one attached hydrogen (secondary N) is 1. The Morgan fingerprint density at radius 2 is 1.90 bits per heavy atom. The Hall–Kier alpha value is -1.30. The van der Waals surface area contributed by atoms with Crippen molar-refractivity contribution in [2.45, 2.75) is 39.4 Å². The molecule has 0 aliphatic carbocycles. The Morgan fingerprint density at radius 3 is 2.43 bits per heavy atom. The normalized spacial score (nSPS) is 13.3. The van der Waals surface area contributed by atoms with Gasteiger partial charge in [-0.05, 0) is 43.7 Å². The van der Waals surface area contributed by atoms with Gasteiger partial charge < -0.3 is 10.2 Å². The minimum Gasteiger partial charge on any atom is -0.362 e. The van der Waals surface area contributed by atoms with E-state index >= 15 is 0 Å². The first-order valence-electron chi connectivity index (χ1n) is 7.13. The van der Waals surface area contributed by atoms with E-state index in [1.807, 2.05) is 20.8 Å². The standard InChI is InChI=1S/C15H22F4N2/c1-4-8-21(10-15(17,18)19)14-7-6-12(16)9-13(14)11(3)20-5-2/h6-7,9,11,20H,4-5,8,10H2,1-3H3. The Morgan fingerprint density at radius 1 is 1.24 bits per heavy atom. The SMILES string of the molecule is CCCN(CC(F)(F)F)c1ccc(F)cc1C(C)NCC. The summed E-state index contributed by atoms with van der Waals surface area (Å²) in [6.45, 7) is 5.44. The number of hydrogen-bond donors (Lipinski definition) is 1. The molecule has 1 aromatic rings. The van der Waals surface area contributed by atoms with Gasteiger partial charge >= 0.3 is 6.18 Å². The van der Waals surface area contributed by atoms with Gasteiger partial charge in [0.2, 0.25) is 0 Å². The van der Waals surface area contributed by atoms with Crippen molar-refractivity contribution in [3.63, 3.8) is 0 Å². The molecular weight excluding hydrogens is 284 g/mol. The molecule has 1 N–H and O–H groups in total. The van der Waals surface area contributed by atoms with E-state index in [-0.39, 0.29) is 12.6 Å². The van der Waals surface area contributed by atoms with Crippen LogP contribution in [0.3, 0.4) is 0 Å². The highest BCUT2D eigenvalue weighted by Gasteiger charge is 2.31. The highest BCUT2D eigenvalue weighted by Crippen LogP contribution is 2.30. The molecule has 120 valence electrons. The second kappa shape index (κ2) is 7.64. The quantitative estimate of drug-likeness (QED) is 0.757. The second-order valence-corrected chi connectivity index (χ2v) is 5.02. The van der Waals surface area contributed by atoms with Crippen molar-refractivity contribution in [2.75, 3.05) is 24.5 Å². The molecule has 1 unspecified atom stereocenters. The summed E-state index contributed by atoms with van der Waals surface area (Å²) in [6.07, 6.45) is -3.70. The van der Waals surface area contributed by atoms with Crippen LogP contribution in [0.4, 0.5) is 23.2 Å². The van der Waals surface area contributed by atoms with Crippen LogP contribution in [-0.2, 0) is 0 Å². The molecule has 0 aliphatic rings. The number of alkyl halides is 3. The van der Waals surface area contributed by atoms with Gasteiger partial charge in [0.05, 0.1) is 0 Å². The fourth-order valence-electron chi connectivity index (χ4n) is 2.35. The van der Waals surface area contributed by atoms with Crippen LogP contribution in [0, 0.1) is 5.82 Å². The molecule has 0 aliphatic heterocycles. The van der Waals surface area contributed by atoms with Crippen LogP contribution in [0.1, 0.15) is 38.8 Å².